The second-order valence-corrected chi connectivity index (χ2v) is 4.74. The molecule has 1 saturated heterocycles. The van der Waals surface area contributed by atoms with Crippen LogP contribution in [0.3, 0.4) is 0 Å². The number of hydrogen-bond donors (Lipinski definition) is 1. The molecule has 1 fully saturated rings. The van der Waals surface area contributed by atoms with Gasteiger partial charge in [0.2, 0.25) is 0 Å². The van der Waals surface area contributed by atoms with E-state index >= 15 is 0 Å². The lowest BCUT2D eigenvalue weighted by Gasteiger charge is -2.16. The topological polar surface area (TPSA) is 23.5 Å². The van der Waals surface area contributed by atoms with Crippen LogP contribution >= 0.6 is 11.6 Å². The summed E-state index contributed by atoms with van der Waals surface area (Å²) in [5, 5.41) is 10.0. The van der Waals surface area contributed by atoms with Crippen LogP contribution < -0.4 is 0 Å². The van der Waals surface area contributed by atoms with E-state index in [2.05, 4.69) is 4.90 Å². The van der Waals surface area contributed by atoms with Gasteiger partial charge in [0.25, 0.3) is 0 Å². The van der Waals surface area contributed by atoms with E-state index < -0.39 is 0 Å². The standard InChI is InChI=1S/C13H18ClNO/c14-13-5-3-4-11(10-16)12(13)6-9-15-7-1-2-8-15/h3-5,16H,1-2,6-10H2. The average Bonchev–Trinajstić information content (AvgIpc) is 2.80. The highest BCUT2D eigenvalue weighted by atomic mass is 35.5. The highest BCUT2D eigenvalue weighted by Crippen LogP contribution is 2.21. The molecular weight excluding hydrogens is 222 g/mol. The third-order valence-corrected chi connectivity index (χ3v) is 3.62. The molecule has 1 heterocycles. The Labute approximate surface area is 102 Å². The second-order valence-electron chi connectivity index (χ2n) is 4.33. The van der Waals surface area contributed by atoms with Crippen molar-refractivity contribution < 1.29 is 5.11 Å². The van der Waals surface area contributed by atoms with Gasteiger partial charge < -0.3 is 10.0 Å². The maximum absolute atomic E-state index is 9.26. The number of rotatable bonds is 4. The van der Waals surface area contributed by atoms with Gasteiger partial charge in [-0.15, -0.1) is 0 Å². The van der Waals surface area contributed by atoms with Gasteiger partial charge in [0.15, 0.2) is 0 Å². The zero-order valence-electron chi connectivity index (χ0n) is 9.45. The molecule has 1 N–H and O–H groups in total. The summed E-state index contributed by atoms with van der Waals surface area (Å²) in [6, 6.07) is 5.75. The van der Waals surface area contributed by atoms with Gasteiger partial charge in [-0.25, -0.2) is 0 Å². The molecule has 0 atom stereocenters. The third-order valence-electron chi connectivity index (χ3n) is 3.26. The first-order valence-electron chi connectivity index (χ1n) is 5.91. The van der Waals surface area contributed by atoms with E-state index in [9.17, 15) is 5.11 Å². The van der Waals surface area contributed by atoms with Gasteiger partial charge in [0.1, 0.15) is 0 Å². The van der Waals surface area contributed by atoms with Crippen molar-refractivity contribution in [2.24, 2.45) is 0 Å². The van der Waals surface area contributed by atoms with Crippen molar-refractivity contribution >= 4 is 11.6 Å². The molecule has 88 valence electrons. The molecule has 1 aliphatic rings. The molecule has 1 aromatic rings. The van der Waals surface area contributed by atoms with Gasteiger partial charge in [-0.1, -0.05) is 23.7 Å². The molecule has 16 heavy (non-hydrogen) atoms. The Morgan fingerprint density at radius 3 is 2.69 bits per heavy atom. The van der Waals surface area contributed by atoms with E-state index in [1.54, 1.807) is 0 Å². The van der Waals surface area contributed by atoms with Crippen LogP contribution in [0.4, 0.5) is 0 Å². The molecule has 0 unspecified atom stereocenters. The lowest BCUT2D eigenvalue weighted by molar-refractivity contribution is 0.279. The summed E-state index contributed by atoms with van der Waals surface area (Å²) < 4.78 is 0. The fourth-order valence-corrected chi connectivity index (χ4v) is 2.60. The van der Waals surface area contributed by atoms with Crippen molar-refractivity contribution in [1.82, 2.24) is 4.90 Å². The zero-order chi connectivity index (χ0) is 11.4. The van der Waals surface area contributed by atoms with Gasteiger partial charge in [-0.3, -0.25) is 0 Å². The fraction of sp³-hybridized carbons (Fsp3) is 0.538. The van der Waals surface area contributed by atoms with Gasteiger partial charge in [-0.05, 0) is 49.5 Å². The monoisotopic (exact) mass is 239 g/mol. The summed E-state index contributed by atoms with van der Waals surface area (Å²) >= 11 is 6.16. The normalized spacial score (nSPS) is 16.9. The van der Waals surface area contributed by atoms with Crippen LogP contribution in [0.2, 0.25) is 5.02 Å². The Morgan fingerprint density at radius 2 is 2.00 bits per heavy atom. The van der Waals surface area contributed by atoms with Crippen LogP contribution in [0, 0.1) is 0 Å². The Balaban J connectivity index is 2.01. The Bertz CT molecular complexity index is 348. The predicted octanol–water partition coefficient (Wildman–Crippen LogP) is 2.47. The average molecular weight is 240 g/mol. The van der Waals surface area contributed by atoms with Gasteiger partial charge >= 0.3 is 0 Å². The first kappa shape index (κ1) is 11.9. The van der Waals surface area contributed by atoms with E-state index in [1.165, 1.54) is 25.9 Å². The van der Waals surface area contributed by atoms with Crippen LogP contribution in [-0.2, 0) is 13.0 Å². The molecule has 0 bridgehead atoms. The Morgan fingerprint density at radius 1 is 1.25 bits per heavy atom. The fourth-order valence-electron chi connectivity index (χ4n) is 2.31. The molecule has 0 aromatic heterocycles. The number of aliphatic hydroxyl groups is 1. The number of aliphatic hydroxyl groups excluding tert-OH is 1. The quantitative estimate of drug-likeness (QED) is 0.873. The highest BCUT2D eigenvalue weighted by Gasteiger charge is 2.13. The molecule has 0 amide bonds. The predicted molar refractivity (Wildman–Crippen MR) is 66.8 cm³/mol. The van der Waals surface area contributed by atoms with Crippen LogP contribution in [-0.4, -0.2) is 29.6 Å². The molecule has 1 aliphatic heterocycles. The number of halogens is 1. The third kappa shape index (κ3) is 2.76. The molecule has 0 radical (unpaired) electrons. The summed E-state index contributed by atoms with van der Waals surface area (Å²) in [7, 11) is 0. The lowest BCUT2D eigenvalue weighted by atomic mass is 10.0. The smallest absolute Gasteiger partial charge is 0.0685 e. The summed E-state index contributed by atoms with van der Waals surface area (Å²) in [5.74, 6) is 0. The summed E-state index contributed by atoms with van der Waals surface area (Å²) in [5.41, 5.74) is 2.07. The minimum absolute atomic E-state index is 0.0793. The largest absolute Gasteiger partial charge is 0.392 e. The summed E-state index contributed by atoms with van der Waals surface area (Å²) in [4.78, 5) is 2.46. The molecular formula is C13H18ClNO. The minimum atomic E-state index is 0.0793. The van der Waals surface area contributed by atoms with Crippen molar-refractivity contribution in [2.45, 2.75) is 25.9 Å². The van der Waals surface area contributed by atoms with E-state index in [-0.39, 0.29) is 6.61 Å². The van der Waals surface area contributed by atoms with E-state index in [4.69, 9.17) is 11.6 Å². The minimum Gasteiger partial charge on any atom is -0.392 e. The molecule has 2 nitrogen and oxygen atoms in total. The van der Waals surface area contributed by atoms with E-state index in [0.717, 1.165) is 29.1 Å². The van der Waals surface area contributed by atoms with E-state index in [0.29, 0.717) is 0 Å². The zero-order valence-corrected chi connectivity index (χ0v) is 10.2. The maximum Gasteiger partial charge on any atom is 0.0685 e. The van der Waals surface area contributed by atoms with Crippen LogP contribution in [0.25, 0.3) is 0 Å². The van der Waals surface area contributed by atoms with Gasteiger partial charge in [0.05, 0.1) is 6.61 Å². The number of hydrogen-bond acceptors (Lipinski definition) is 2. The van der Waals surface area contributed by atoms with Crippen molar-refractivity contribution in [2.75, 3.05) is 19.6 Å². The second kappa shape index (κ2) is 5.67. The molecule has 3 heteroatoms. The van der Waals surface area contributed by atoms with Crippen LogP contribution in [0.15, 0.2) is 18.2 Å². The summed E-state index contributed by atoms with van der Waals surface area (Å²) in [6.07, 6.45) is 3.57. The molecule has 0 saturated carbocycles. The van der Waals surface area contributed by atoms with Crippen LogP contribution in [0.5, 0.6) is 0 Å². The first-order chi connectivity index (χ1) is 7.81. The number of likely N-dealkylation sites (tertiary alicyclic amines) is 1. The van der Waals surface area contributed by atoms with Crippen molar-refractivity contribution in [3.05, 3.63) is 34.3 Å². The number of nitrogens with zero attached hydrogens (tertiary/aromatic N) is 1. The highest BCUT2D eigenvalue weighted by molar-refractivity contribution is 6.31. The molecule has 1 aromatic carbocycles. The molecule has 0 spiro atoms. The van der Waals surface area contributed by atoms with Crippen molar-refractivity contribution in [3.8, 4) is 0 Å². The van der Waals surface area contributed by atoms with E-state index in [1.807, 2.05) is 18.2 Å². The SMILES string of the molecule is OCc1cccc(Cl)c1CCN1CCCC1. The Hall–Kier alpha value is -0.570. The lowest BCUT2D eigenvalue weighted by Crippen LogP contribution is -2.22. The summed E-state index contributed by atoms with van der Waals surface area (Å²) in [6.45, 7) is 3.55. The van der Waals surface area contributed by atoms with Gasteiger partial charge in [0, 0.05) is 11.6 Å². The Kier molecular flexibility index (Phi) is 4.22. The van der Waals surface area contributed by atoms with Gasteiger partial charge in [-0.2, -0.15) is 0 Å². The van der Waals surface area contributed by atoms with Crippen molar-refractivity contribution in [1.29, 1.82) is 0 Å². The number of benzene rings is 1. The van der Waals surface area contributed by atoms with Crippen LogP contribution in [0.1, 0.15) is 24.0 Å². The maximum atomic E-state index is 9.26. The molecule has 2 rings (SSSR count). The molecule has 0 aliphatic carbocycles. The van der Waals surface area contributed by atoms with Crippen molar-refractivity contribution in [3.63, 3.8) is 0 Å². The first-order valence-corrected chi connectivity index (χ1v) is 6.28.